The molecule has 6 nitrogen and oxygen atoms in total. The third-order valence-electron chi connectivity index (χ3n) is 4.31. The summed E-state index contributed by atoms with van der Waals surface area (Å²) in [5, 5.41) is 4.24. The van der Waals surface area contributed by atoms with Crippen molar-refractivity contribution in [2.75, 3.05) is 11.9 Å². The number of rotatable bonds is 4. The van der Waals surface area contributed by atoms with Crippen molar-refractivity contribution in [3.05, 3.63) is 51.3 Å². The van der Waals surface area contributed by atoms with Crippen molar-refractivity contribution in [1.29, 1.82) is 0 Å². The van der Waals surface area contributed by atoms with Crippen molar-refractivity contribution in [2.24, 2.45) is 0 Å². The predicted octanol–water partition coefficient (Wildman–Crippen LogP) is 3.54. The smallest absolute Gasteiger partial charge is 0.336 e. The highest BCUT2D eigenvalue weighted by Gasteiger charge is 2.15. The van der Waals surface area contributed by atoms with E-state index in [1.54, 1.807) is 35.6 Å². The standard InChI is InChI=1S/C19H18N2O4S/c22-17(21-19-20-14-4-2-1-3-5-16(14)26-19)11-24-13-8-6-12-7-9-18(23)25-15(12)10-13/h6-10H,1-5,11H2,(H,20,21,22). The van der Waals surface area contributed by atoms with Crippen LogP contribution in [0, 0.1) is 0 Å². The van der Waals surface area contributed by atoms with Crippen LogP contribution in [0.15, 0.2) is 39.5 Å². The van der Waals surface area contributed by atoms with Crippen LogP contribution in [0.2, 0.25) is 0 Å². The number of hydrogen-bond donors (Lipinski definition) is 1. The lowest BCUT2D eigenvalue weighted by Crippen LogP contribution is -2.20. The van der Waals surface area contributed by atoms with Crippen LogP contribution in [0.5, 0.6) is 5.75 Å². The first-order chi connectivity index (χ1) is 12.7. The average molecular weight is 370 g/mol. The van der Waals surface area contributed by atoms with Crippen molar-refractivity contribution in [2.45, 2.75) is 32.1 Å². The minimum atomic E-state index is -0.420. The Bertz CT molecular complexity index is 985. The molecular formula is C19H18N2O4S. The van der Waals surface area contributed by atoms with Crippen molar-refractivity contribution in [3.8, 4) is 5.75 Å². The highest BCUT2D eigenvalue weighted by molar-refractivity contribution is 7.15. The molecule has 0 saturated heterocycles. The number of hydrogen-bond acceptors (Lipinski definition) is 6. The molecule has 1 aliphatic rings. The van der Waals surface area contributed by atoms with Gasteiger partial charge in [-0.1, -0.05) is 6.42 Å². The molecule has 0 bridgehead atoms. The lowest BCUT2D eigenvalue weighted by Gasteiger charge is -2.06. The zero-order chi connectivity index (χ0) is 17.9. The second-order valence-corrected chi connectivity index (χ2v) is 7.32. The number of amides is 1. The van der Waals surface area contributed by atoms with E-state index in [9.17, 15) is 9.59 Å². The summed E-state index contributed by atoms with van der Waals surface area (Å²) in [4.78, 5) is 29.3. The molecular weight excluding hydrogens is 352 g/mol. The highest BCUT2D eigenvalue weighted by atomic mass is 32.1. The van der Waals surface area contributed by atoms with Gasteiger partial charge in [-0.05, 0) is 43.9 Å². The molecule has 2 heterocycles. The number of nitrogens with zero attached hydrogens (tertiary/aromatic N) is 1. The molecule has 1 aromatic carbocycles. The highest BCUT2D eigenvalue weighted by Crippen LogP contribution is 2.29. The number of ether oxygens (including phenoxy) is 1. The molecule has 134 valence electrons. The number of aromatic nitrogens is 1. The van der Waals surface area contributed by atoms with Crippen LogP contribution in [-0.2, 0) is 17.6 Å². The molecule has 1 aliphatic carbocycles. The monoisotopic (exact) mass is 370 g/mol. The van der Waals surface area contributed by atoms with E-state index in [-0.39, 0.29) is 12.5 Å². The van der Waals surface area contributed by atoms with E-state index in [1.807, 2.05) is 0 Å². The number of fused-ring (bicyclic) bond motifs is 2. The topological polar surface area (TPSA) is 81.4 Å². The van der Waals surface area contributed by atoms with E-state index in [2.05, 4.69) is 10.3 Å². The molecule has 1 N–H and O–H groups in total. The van der Waals surface area contributed by atoms with Gasteiger partial charge < -0.3 is 9.15 Å². The molecule has 0 unspecified atom stereocenters. The van der Waals surface area contributed by atoms with Crippen molar-refractivity contribution in [1.82, 2.24) is 4.98 Å². The van der Waals surface area contributed by atoms with Crippen LogP contribution in [0.1, 0.15) is 29.8 Å². The minimum Gasteiger partial charge on any atom is -0.484 e. The van der Waals surface area contributed by atoms with Gasteiger partial charge in [0.15, 0.2) is 11.7 Å². The van der Waals surface area contributed by atoms with E-state index in [1.165, 1.54) is 23.8 Å². The van der Waals surface area contributed by atoms with Gasteiger partial charge in [-0.25, -0.2) is 9.78 Å². The first-order valence-electron chi connectivity index (χ1n) is 8.62. The summed E-state index contributed by atoms with van der Waals surface area (Å²) in [5.41, 5.74) is 1.13. The van der Waals surface area contributed by atoms with E-state index in [0.29, 0.717) is 16.5 Å². The maximum absolute atomic E-state index is 12.1. The lowest BCUT2D eigenvalue weighted by molar-refractivity contribution is -0.118. The van der Waals surface area contributed by atoms with Crippen LogP contribution in [-0.4, -0.2) is 17.5 Å². The van der Waals surface area contributed by atoms with Gasteiger partial charge in [0.2, 0.25) is 0 Å². The largest absolute Gasteiger partial charge is 0.484 e. The average Bonchev–Trinajstić information content (AvgIpc) is 2.87. The zero-order valence-corrected chi connectivity index (χ0v) is 14.9. The van der Waals surface area contributed by atoms with Crippen LogP contribution < -0.4 is 15.7 Å². The Kier molecular flexibility index (Phi) is 4.71. The molecule has 7 heteroatoms. The SMILES string of the molecule is O=C(COc1ccc2ccc(=O)oc2c1)Nc1nc2c(s1)CCCCC2. The normalized spacial score (nSPS) is 13.8. The van der Waals surface area contributed by atoms with E-state index < -0.39 is 5.63 Å². The number of nitrogens with one attached hydrogen (secondary N) is 1. The molecule has 26 heavy (non-hydrogen) atoms. The summed E-state index contributed by atoms with van der Waals surface area (Å²) in [6.45, 7) is -0.132. The molecule has 2 aromatic heterocycles. The third-order valence-corrected chi connectivity index (χ3v) is 5.38. The van der Waals surface area contributed by atoms with Gasteiger partial charge in [0.25, 0.3) is 5.91 Å². The molecule has 0 saturated carbocycles. The number of carbonyl (C=O) groups excluding carboxylic acids is 1. The maximum atomic E-state index is 12.1. The second kappa shape index (κ2) is 7.29. The fraction of sp³-hybridized carbons (Fsp3) is 0.316. The Labute approximate surface area is 153 Å². The fourth-order valence-electron chi connectivity index (χ4n) is 3.02. The first kappa shape index (κ1) is 16.8. The van der Waals surface area contributed by atoms with E-state index in [0.717, 1.165) is 30.3 Å². The molecule has 0 radical (unpaired) electrons. The van der Waals surface area contributed by atoms with Crippen LogP contribution in [0.4, 0.5) is 5.13 Å². The maximum Gasteiger partial charge on any atom is 0.336 e. The van der Waals surface area contributed by atoms with Crippen molar-refractivity contribution in [3.63, 3.8) is 0 Å². The molecule has 0 fully saturated rings. The number of carbonyl (C=O) groups is 1. The molecule has 0 atom stereocenters. The quantitative estimate of drug-likeness (QED) is 0.561. The van der Waals surface area contributed by atoms with Crippen molar-refractivity contribution < 1.29 is 13.9 Å². The Hall–Kier alpha value is -2.67. The van der Waals surface area contributed by atoms with Gasteiger partial charge in [0, 0.05) is 22.4 Å². The molecule has 1 amide bonds. The lowest BCUT2D eigenvalue weighted by atomic mass is 10.2. The summed E-state index contributed by atoms with van der Waals surface area (Å²) < 4.78 is 10.6. The summed E-state index contributed by atoms with van der Waals surface area (Å²) in [6.07, 6.45) is 5.61. The zero-order valence-electron chi connectivity index (χ0n) is 14.1. The van der Waals surface area contributed by atoms with Gasteiger partial charge >= 0.3 is 5.63 Å². The molecule has 0 aliphatic heterocycles. The minimum absolute atomic E-state index is 0.132. The second-order valence-electron chi connectivity index (χ2n) is 6.24. The molecule has 0 spiro atoms. The number of anilines is 1. The Morgan fingerprint density at radius 1 is 1.19 bits per heavy atom. The number of benzene rings is 1. The van der Waals surface area contributed by atoms with Gasteiger partial charge in [0.1, 0.15) is 11.3 Å². The summed E-state index contributed by atoms with van der Waals surface area (Å²) in [6, 6.07) is 8.18. The van der Waals surface area contributed by atoms with Gasteiger partial charge in [-0.3, -0.25) is 10.1 Å². The molecule has 4 rings (SSSR count). The summed E-state index contributed by atoms with van der Waals surface area (Å²) in [7, 11) is 0. The van der Waals surface area contributed by atoms with Gasteiger partial charge in [-0.15, -0.1) is 11.3 Å². The van der Waals surface area contributed by atoms with E-state index >= 15 is 0 Å². The van der Waals surface area contributed by atoms with E-state index in [4.69, 9.17) is 9.15 Å². The van der Waals surface area contributed by atoms with Gasteiger partial charge in [-0.2, -0.15) is 0 Å². The van der Waals surface area contributed by atoms with Crippen molar-refractivity contribution >= 4 is 33.3 Å². The Morgan fingerprint density at radius 2 is 2.04 bits per heavy atom. The Balaban J connectivity index is 1.39. The Morgan fingerprint density at radius 3 is 2.96 bits per heavy atom. The fourth-order valence-corrected chi connectivity index (χ4v) is 4.08. The van der Waals surface area contributed by atoms with Crippen LogP contribution in [0.25, 0.3) is 11.0 Å². The first-order valence-corrected chi connectivity index (χ1v) is 9.44. The molecule has 3 aromatic rings. The number of aryl methyl sites for hydroxylation is 2. The number of thiazole rings is 1. The predicted molar refractivity (Wildman–Crippen MR) is 100.0 cm³/mol. The summed E-state index contributed by atoms with van der Waals surface area (Å²) >= 11 is 1.55. The summed E-state index contributed by atoms with van der Waals surface area (Å²) in [5.74, 6) is 0.209. The van der Waals surface area contributed by atoms with Gasteiger partial charge in [0.05, 0.1) is 5.69 Å². The third kappa shape index (κ3) is 3.77. The van der Waals surface area contributed by atoms with Crippen LogP contribution >= 0.6 is 11.3 Å². The van der Waals surface area contributed by atoms with Crippen LogP contribution in [0.3, 0.4) is 0 Å².